The number of anilines is 1. The number of amides is 1. The number of hydrogen-bond donors (Lipinski definition) is 2. The van der Waals surface area contributed by atoms with Crippen LogP contribution in [0.3, 0.4) is 0 Å². The number of aromatic nitrogens is 1. The molecular formula is C17H13N3O5. The highest BCUT2D eigenvalue weighted by Gasteiger charge is 2.15. The first-order valence-corrected chi connectivity index (χ1v) is 7.33. The number of hydrogen-bond acceptors (Lipinski definition) is 5. The summed E-state index contributed by atoms with van der Waals surface area (Å²) < 4.78 is 5.46. The largest absolute Gasteiger partial charge is 0.482 e. The summed E-state index contributed by atoms with van der Waals surface area (Å²) in [7, 11) is 0. The van der Waals surface area contributed by atoms with Gasteiger partial charge in [0.25, 0.3) is 11.6 Å². The van der Waals surface area contributed by atoms with Gasteiger partial charge in [-0.2, -0.15) is 0 Å². The van der Waals surface area contributed by atoms with Crippen molar-refractivity contribution < 1.29 is 14.5 Å². The maximum absolute atomic E-state index is 12.0. The second-order valence-electron chi connectivity index (χ2n) is 5.15. The number of pyridine rings is 1. The molecule has 0 saturated carbocycles. The van der Waals surface area contributed by atoms with Gasteiger partial charge in [0.1, 0.15) is 11.4 Å². The highest BCUT2D eigenvalue weighted by atomic mass is 16.6. The van der Waals surface area contributed by atoms with E-state index in [0.29, 0.717) is 11.3 Å². The molecule has 0 atom stereocenters. The minimum atomic E-state index is -0.577. The van der Waals surface area contributed by atoms with Crippen LogP contribution in [-0.2, 0) is 4.79 Å². The minimum Gasteiger partial charge on any atom is -0.482 e. The summed E-state index contributed by atoms with van der Waals surface area (Å²) in [5.41, 5.74) is 0.0826. The first-order valence-electron chi connectivity index (χ1n) is 7.33. The van der Waals surface area contributed by atoms with Crippen LogP contribution >= 0.6 is 0 Å². The summed E-state index contributed by atoms with van der Waals surface area (Å²) in [5.74, 6) is -0.211. The quantitative estimate of drug-likeness (QED) is 0.547. The van der Waals surface area contributed by atoms with Crippen molar-refractivity contribution in [1.82, 2.24) is 4.98 Å². The van der Waals surface area contributed by atoms with Crippen molar-refractivity contribution in [3.05, 3.63) is 75.1 Å². The lowest BCUT2D eigenvalue weighted by Gasteiger charge is -2.09. The van der Waals surface area contributed by atoms with Crippen molar-refractivity contribution in [1.29, 1.82) is 0 Å². The van der Waals surface area contributed by atoms with Crippen LogP contribution in [0.25, 0.3) is 10.9 Å². The molecule has 0 radical (unpaired) electrons. The molecule has 0 aliphatic rings. The van der Waals surface area contributed by atoms with E-state index in [2.05, 4.69) is 10.3 Å². The zero-order valence-electron chi connectivity index (χ0n) is 12.9. The van der Waals surface area contributed by atoms with Gasteiger partial charge in [-0.25, -0.2) is 0 Å². The number of nitro benzene ring substituents is 1. The third-order valence-electron chi connectivity index (χ3n) is 3.45. The second kappa shape index (κ2) is 6.83. The van der Waals surface area contributed by atoms with Gasteiger partial charge in [0.2, 0.25) is 5.56 Å². The fourth-order valence-electron chi connectivity index (χ4n) is 2.34. The number of nitrogens with zero attached hydrogens (tertiary/aromatic N) is 1. The zero-order valence-corrected chi connectivity index (χ0v) is 12.9. The molecule has 8 heteroatoms. The minimum absolute atomic E-state index is 0.0902. The Labute approximate surface area is 141 Å². The molecule has 0 aliphatic carbocycles. The van der Waals surface area contributed by atoms with Crippen molar-refractivity contribution in [3.63, 3.8) is 0 Å². The monoisotopic (exact) mass is 339 g/mol. The number of carbonyl (C=O) groups is 1. The lowest BCUT2D eigenvalue weighted by molar-refractivity contribution is -0.383. The van der Waals surface area contributed by atoms with Crippen LogP contribution < -0.4 is 15.6 Å². The molecule has 0 saturated heterocycles. The average molecular weight is 339 g/mol. The molecule has 0 aliphatic heterocycles. The Balaban J connectivity index is 1.74. The van der Waals surface area contributed by atoms with Crippen molar-refractivity contribution in [2.45, 2.75) is 0 Å². The van der Waals surface area contributed by atoms with E-state index >= 15 is 0 Å². The third kappa shape index (κ3) is 3.63. The molecule has 1 amide bonds. The van der Waals surface area contributed by atoms with E-state index in [9.17, 15) is 19.7 Å². The second-order valence-corrected chi connectivity index (χ2v) is 5.15. The van der Waals surface area contributed by atoms with Gasteiger partial charge in [0, 0.05) is 17.5 Å². The number of fused-ring (bicyclic) bond motifs is 1. The summed E-state index contributed by atoms with van der Waals surface area (Å²) in [6, 6.07) is 14.0. The number of carbonyl (C=O) groups excluding carboxylic acids is 1. The average Bonchev–Trinajstić information content (AvgIpc) is 2.60. The van der Waals surface area contributed by atoms with Crippen LogP contribution in [0.1, 0.15) is 0 Å². The molecule has 2 N–H and O–H groups in total. The Morgan fingerprint density at radius 3 is 2.72 bits per heavy atom. The van der Waals surface area contributed by atoms with Crippen molar-refractivity contribution in [2.75, 3.05) is 11.9 Å². The third-order valence-corrected chi connectivity index (χ3v) is 3.45. The molecule has 8 nitrogen and oxygen atoms in total. The lowest BCUT2D eigenvalue weighted by atomic mass is 10.2. The van der Waals surface area contributed by atoms with Gasteiger partial charge >= 0.3 is 0 Å². The van der Waals surface area contributed by atoms with E-state index < -0.39 is 10.8 Å². The topological polar surface area (TPSA) is 114 Å². The summed E-state index contributed by atoms with van der Waals surface area (Å²) in [6.07, 6.45) is 0. The van der Waals surface area contributed by atoms with Crippen molar-refractivity contribution in [2.24, 2.45) is 0 Å². The summed E-state index contributed by atoms with van der Waals surface area (Å²) in [6.45, 7) is -0.359. The van der Waals surface area contributed by atoms with E-state index in [1.807, 2.05) is 0 Å². The Morgan fingerprint density at radius 2 is 1.92 bits per heavy atom. The summed E-state index contributed by atoms with van der Waals surface area (Å²) in [4.78, 5) is 36.5. The Bertz CT molecular complexity index is 1010. The van der Waals surface area contributed by atoms with Crippen LogP contribution in [0.4, 0.5) is 11.4 Å². The smallest absolute Gasteiger partial charge is 0.292 e. The SMILES string of the molecule is O=C(COc1cccc2ccc(=O)[nH]c12)Nc1ccccc1[N+](=O)[O-]. The molecule has 3 aromatic rings. The first-order chi connectivity index (χ1) is 12.0. The maximum atomic E-state index is 12.0. The Morgan fingerprint density at radius 1 is 1.12 bits per heavy atom. The van der Waals surface area contributed by atoms with E-state index in [1.54, 1.807) is 30.3 Å². The zero-order chi connectivity index (χ0) is 17.8. The molecule has 0 unspecified atom stereocenters. The Kier molecular flexibility index (Phi) is 4.42. The number of benzene rings is 2. The molecular weight excluding hydrogens is 326 g/mol. The number of rotatable bonds is 5. The fraction of sp³-hybridized carbons (Fsp3) is 0.0588. The molecule has 126 valence electrons. The van der Waals surface area contributed by atoms with Gasteiger partial charge in [-0.1, -0.05) is 24.3 Å². The Hall–Kier alpha value is -3.68. The standard InChI is InChI=1S/C17H13N3O5/c21-15-9-8-11-4-3-7-14(17(11)19-15)25-10-16(22)18-12-5-1-2-6-13(12)20(23)24/h1-9H,10H2,(H,18,22)(H,19,21). The van der Waals surface area contributed by atoms with Crippen LogP contribution in [0.5, 0.6) is 5.75 Å². The number of para-hydroxylation sites is 3. The van der Waals surface area contributed by atoms with E-state index in [0.717, 1.165) is 5.39 Å². The number of aromatic amines is 1. The van der Waals surface area contributed by atoms with Crippen LogP contribution in [0.15, 0.2) is 59.4 Å². The highest BCUT2D eigenvalue weighted by Crippen LogP contribution is 2.24. The van der Waals surface area contributed by atoms with Crippen LogP contribution in [0, 0.1) is 10.1 Å². The highest BCUT2D eigenvalue weighted by molar-refractivity contribution is 5.94. The number of H-pyrrole nitrogens is 1. The van der Waals surface area contributed by atoms with E-state index in [4.69, 9.17) is 4.74 Å². The van der Waals surface area contributed by atoms with Crippen molar-refractivity contribution >= 4 is 28.2 Å². The van der Waals surface area contributed by atoms with Crippen molar-refractivity contribution in [3.8, 4) is 5.75 Å². The van der Waals surface area contributed by atoms with Gasteiger partial charge in [-0.05, 0) is 18.2 Å². The summed E-state index contributed by atoms with van der Waals surface area (Å²) >= 11 is 0. The molecule has 1 heterocycles. The van der Waals surface area contributed by atoms with Gasteiger partial charge < -0.3 is 15.0 Å². The first kappa shape index (κ1) is 16.2. The fourth-order valence-corrected chi connectivity index (χ4v) is 2.34. The molecule has 1 aromatic heterocycles. The number of nitro groups is 1. The molecule has 3 rings (SSSR count). The molecule has 0 spiro atoms. The normalized spacial score (nSPS) is 10.4. The molecule has 0 fully saturated rings. The van der Waals surface area contributed by atoms with Gasteiger partial charge in [0.15, 0.2) is 6.61 Å². The van der Waals surface area contributed by atoms with Crippen LogP contribution in [0.2, 0.25) is 0 Å². The number of nitrogens with one attached hydrogen (secondary N) is 2. The summed E-state index contributed by atoms with van der Waals surface area (Å²) in [5, 5.41) is 14.2. The molecule has 25 heavy (non-hydrogen) atoms. The van der Waals surface area contributed by atoms with Gasteiger partial charge in [-0.15, -0.1) is 0 Å². The van der Waals surface area contributed by atoms with Gasteiger partial charge in [0.05, 0.1) is 10.4 Å². The predicted octanol–water partition coefficient (Wildman–Crippen LogP) is 2.45. The van der Waals surface area contributed by atoms with E-state index in [-0.39, 0.29) is 23.5 Å². The molecule has 0 bridgehead atoms. The maximum Gasteiger partial charge on any atom is 0.292 e. The lowest BCUT2D eigenvalue weighted by Crippen LogP contribution is -2.21. The van der Waals surface area contributed by atoms with E-state index in [1.165, 1.54) is 24.3 Å². The van der Waals surface area contributed by atoms with Crippen LogP contribution in [-0.4, -0.2) is 22.4 Å². The predicted molar refractivity (Wildman–Crippen MR) is 91.8 cm³/mol. The van der Waals surface area contributed by atoms with Gasteiger partial charge in [-0.3, -0.25) is 19.7 Å². The molecule has 2 aromatic carbocycles. The number of ether oxygens (including phenoxy) is 1.